The van der Waals surface area contributed by atoms with E-state index in [9.17, 15) is 38.4 Å². The lowest BCUT2D eigenvalue weighted by Crippen LogP contribution is -2.31. The van der Waals surface area contributed by atoms with Crippen molar-refractivity contribution in [2.75, 3.05) is 26.4 Å². The third kappa shape index (κ3) is 16.5. The first-order valence-corrected chi connectivity index (χ1v) is 22.6. The van der Waals surface area contributed by atoms with E-state index in [1.165, 1.54) is 18.2 Å². The molecule has 5 rings (SSSR count). The lowest BCUT2D eigenvalue weighted by molar-refractivity contribution is -0.145. The Bertz CT molecular complexity index is 2280. The van der Waals surface area contributed by atoms with Crippen LogP contribution in [-0.2, 0) is 65.4 Å². The Morgan fingerprint density at radius 2 is 0.765 bits per heavy atom. The number of rotatable bonds is 23. The Labute approximate surface area is 394 Å². The van der Waals surface area contributed by atoms with Crippen molar-refractivity contribution < 1.29 is 76.3 Å². The Kier molecular flexibility index (Phi) is 20.3. The molecular formula is C52H56O16. The fourth-order valence-corrected chi connectivity index (χ4v) is 7.52. The molecule has 0 bridgehead atoms. The van der Waals surface area contributed by atoms with Crippen LogP contribution in [0.2, 0.25) is 0 Å². The van der Waals surface area contributed by atoms with Crippen molar-refractivity contribution in [3.05, 3.63) is 121 Å². The van der Waals surface area contributed by atoms with E-state index < -0.39 is 71.4 Å². The zero-order valence-corrected chi connectivity index (χ0v) is 37.9. The van der Waals surface area contributed by atoms with Gasteiger partial charge in [0.2, 0.25) is 0 Å². The number of carbonyl (C=O) groups excluding carboxylic acids is 8. The second kappa shape index (κ2) is 26.7. The first-order valence-electron chi connectivity index (χ1n) is 22.6. The van der Waals surface area contributed by atoms with Gasteiger partial charge in [0.1, 0.15) is 28.6 Å². The molecular weight excluding hydrogens is 881 g/mol. The molecule has 0 spiro atoms. The van der Waals surface area contributed by atoms with Gasteiger partial charge < -0.3 is 37.9 Å². The van der Waals surface area contributed by atoms with E-state index in [1.54, 1.807) is 48.5 Å². The number of hydrogen-bond donors (Lipinski definition) is 0. The van der Waals surface area contributed by atoms with Gasteiger partial charge in [0.25, 0.3) is 0 Å². The standard InChI is InChI=1S/C52H56O16/c1-4-45(53)61-29-7-8-30-64-52(60)43-33-42(67-50(58)38-15-13-36(14-16-38)48(56)65-40-21-9-34(10-22-40)27-31-62-46(54)5-2)25-26-44(43)68-51(59)39-19-17-37(18-20-39)49(57)66-41-23-11-35(12-24-41)28-32-63-47(55)6-3/h4-6,9-12,21-26,33,36-39H,1-3,7-8,13-20,27-32H2. The molecule has 16 heteroatoms. The Morgan fingerprint density at radius 1 is 0.426 bits per heavy atom. The highest BCUT2D eigenvalue weighted by atomic mass is 16.6. The summed E-state index contributed by atoms with van der Waals surface area (Å²) in [6, 6.07) is 17.8. The van der Waals surface area contributed by atoms with Crippen molar-refractivity contribution in [1.29, 1.82) is 0 Å². The molecule has 360 valence electrons. The number of unbranched alkanes of at least 4 members (excludes halogenated alkanes) is 1. The van der Waals surface area contributed by atoms with Crippen LogP contribution >= 0.6 is 0 Å². The lowest BCUT2D eigenvalue weighted by Gasteiger charge is -2.26. The first kappa shape index (κ1) is 51.6. The van der Waals surface area contributed by atoms with Crippen LogP contribution in [0.4, 0.5) is 0 Å². The predicted octanol–water partition coefficient (Wildman–Crippen LogP) is 7.53. The number of hydrogen-bond acceptors (Lipinski definition) is 16. The summed E-state index contributed by atoms with van der Waals surface area (Å²) in [7, 11) is 0. The molecule has 68 heavy (non-hydrogen) atoms. The topological polar surface area (TPSA) is 210 Å². The van der Waals surface area contributed by atoms with Crippen LogP contribution in [-0.4, -0.2) is 74.2 Å². The second-order valence-electron chi connectivity index (χ2n) is 16.2. The minimum atomic E-state index is -0.841. The molecule has 0 heterocycles. The zero-order chi connectivity index (χ0) is 48.8. The summed E-state index contributed by atoms with van der Waals surface area (Å²) in [5.41, 5.74) is 1.62. The second-order valence-corrected chi connectivity index (χ2v) is 16.2. The summed E-state index contributed by atoms with van der Waals surface area (Å²) < 4.78 is 43.1. The van der Waals surface area contributed by atoms with Gasteiger partial charge in [-0.1, -0.05) is 44.0 Å². The molecule has 2 aliphatic rings. The third-order valence-corrected chi connectivity index (χ3v) is 11.5. The van der Waals surface area contributed by atoms with Gasteiger partial charge in [-0.05, 0) is 118 Å². The number of carbonyl (C=O) groups is 8. The van der Waals surface area contributed by atoms with Crippen molar-refractivity contribution in [3.8, 4) is 23.0 Å². The van der Waals surface area contributed by atoms with E-state index in [0.717, 1.165) is 29.4 Å². The highest BCUT2D eigenvalue weighted by molar-refractivity contribution is 5.94. The van der Waals surface area contributed by atoms with Gasteiger partial charge in [0.05, 0.1) is 50.1 Å². The number of benzene rings is 3. The SMILES string of the molecule is C=CC(=O)OCCCCOC(=O)c1cc(OC(=O)C2CCC(C(=O)Oc3ccc(CCOC(=O)C=C)cc3)CC2)ccc1OC(=O)C1CCC(C(=O)Oc2ccc(CCOC(=O)C=C)cc2)CC1. The van der Waals surface area contributed by atoms with Gasteiger partial charge in [-0.3, -0.25) is 19.2 Å². The van der Waals surface area contributed by atoms with E-state index in [-0.39, 0.29) is 43.5 Å². The molecule has 0 radical (unpaired) electrons. The van der Waals surface area contributed by atoms with Crippen LogP contribution < -0.4 is 18.9 Å². The van der Waals surface area contributed by atoms with Gasteiger partial charge in [-0.25, -0.2) is 19.2 Å². The summed E-state index contributed by atoms with van der Waals surface area (Å²) in [6.07, 6.45) is 7.85. The Balaban J connectivity index is 1.13. The largest absolute Gasteiger partial charge is 0.463 e. The van der Waals surface area contributed by atoms with E-state index in [0.29, 0.717) is 88.5 Å². The zero-order valence-electron chi connectivity index (χ0n) is 37.9. The van der Waals surface area contributed by atoms with Crippen molar-refractivity contribution >= 4 is 47.8 Å². The molecule has 0 aliphatic heterocycles. The summed E-state index contributed by atoms with van der Waals surface area (Å²) in [6.45, 7) is 10.5. The minimum Gasteiger partial charge on any atom is -0.463 e. The highest BCUT2D eigenvalue weighted by Gasteiger charge is 2.34. The van der Waals surface area contributed by atoms with Crippen molar-refractivity contribution in [2.24, 2.45) is 23.7 Å². The quantitative estimate of drug-likeness (QED) is 0.0296. The summed E-state index contributed by atoms with van der Waals surface area (Å²) in [5, 5.41) is 0. The fraction of sp³-hybridized carbons (Fsp3) is 0.385. The molecule has 0 unspecified atom stereocenters. The molecule has 0 N–H and O–H groups in total. The average Bonchev–Trinajstić information content (AvgIpc) is 3.36. The molecule has 0 amide bonds. The van der Waals surface area contributed by atoms with Crippen molar-refractivity contribution in [1.82, 2.24) is 0 Å². The molecule has 0 saturated heterocycles. The van der Waals surface area contributed by atoms with Gasteiger partial charge >= 0.3 is 47.8 Å². The van der Waals surface area contributed by atoms with Crippen LogP contribution in [0.3, 0.4) is 0 Å². The van der Waals surface area contributed by atoms with Crippen LogP contribution in [0.5, 0.6) is 23.0 Å². The van der Waals surface area contributed by atoms with Gasteiger partial charge in [0, 0.05) is 31.1 Å². The molecule has 3 aromatic carbocycles. The monoisotopic (exact) mass is 936 g/mol. The normalized spacial score (nSPS) is 17.5. The molecule has 0 aromatic heterocycles. The first-order chi connectivity index (χ1) is 32.8. The van der Waals surface area contributed by atoms with Crippen molar-refractivity contribution in [2.45, 2.75) is 77.0 Å². The average molecular weight is 937 g/mol. The smallest absolute Gasteiger partial charge is 0.342 e. The van der Waals surface area contributed by atoms with Crippen LogP contribution in [0.25, 0.3) is 0 Å². The van der Waals surface area contributed by atoms with Crippen LogP contribution in [0.15, 0.2) is 105 Å². The van der Waals surface area contributed by atoms with E-state index in [4.69, 9.17) is 37.9 Å². The third-order valence-electron chi connectivity index (χ3n) is 11.5. The van der Waals surface area contributed by atoms with Gasteiger partial charge in [0.15, 0.2) is 0 Å². The summed E-state index contributed by atoms with van der Waals surface area (Å²) >= 11 is 0. The van der Waals surface area contributed by atoms with E-state index >= 15 is 0 Å². The maximum Gasteiger partial charge on any atom is 0.342 e. The molecule has 0 atom stereocenters. The highest BCUT2D eigenvalue weighted by Crippen LogP contribution is 2.35. The maximum absolute atomic E-state index is 13.5. The fourth-order valence-electron chi connectivity index (χ4n) is 7.52. The number of ether oxygens (including phenoxy) is 8. The summed E-state index contributed by atoms with van der Waals surface area (Å²) in [4.78, 5) is 100. The lowest BCUT2D eigenvalue weighted by atomic mass is 9.82. The van der Waals surface area contributed by atoms with E-state index in [2.05, 4.69) is 19.7 Å². The Morgan fingerprint density at radius 3 is 1.16 bits per heavy atom. The van der Waals surface area contributed by atoms with Gasteiger partial charge in [-0.15, -0.1) is 0 Å². The van der Waals surface area contributed by atoms with Crippen LogP contribution in [0.1, 0.15) is 85.7 Å². The minimum absolute atomic E-state index is 0.0182. The molecule has 3 aromatic rings. The number of esters is 8. The Hall–Kier alpha value is -7.36. The molecule has 2 fully saturated rings. The maximum atomic E-state index is 13.5. The predicted molar refractivity (Wildman–Crippen MR) is 243 cm³/mol. The van der Waals surface area contributed by atoms with Gasteiger partial charge in [-0.2, -0.15) is 0 Å². The van der Waals surface area contributed by atoms with Crippen LogP contribution in [0, 0.1) is 23.7 Å². The summed E-state index contributed by atoms with van der Waals surface area (Å²) in [5.74, 6) is -5.75. The van der Waals surface area contributed by atoms with E-state index in [1.807, 2.05) is 0 Å². The molecule has 2 saturated carbocycles. The molecule has 16 nitrogen and oxygen atoms in total. The molecule has 2 aliphatic carbocycles. The van der Waals surface area contributed by atoms with Crippen molar-refractivity contribution in [3.63, 3.8) is 0 Å².